The third kappa shape index (κ3) is 3.57. The van der Waals surface area contributed by atoms with E-state index < -0.39 is 0 Å². The number of methoxy groups -OCH3 is 1. The van der Waals surface area contributed by atoms with Crippen molar-refractivity contribution in [3.05, 3.63) is 76.9 Å². The molecule has 0 aliphatic carbocycles. The summed E-state index contributed by atoms with van der Waals surface area (Å²) in [4.78, 5) is 13.0. The molecule has 1 atom stereocenters. The molecule has 3 nitrogen and oxygen atoms in total. The van der Waals surface area contributed by atoms with E-state index in [0.717, 1.165) is 22.8 Å². The lowest BCUT2D eigenvalue weighted by Gasteiger charge is -2.20. The number of hydrogen-bond acceptors (Lipinski definition) is 2. The smallest absolute Gasteiger partial charge is 0.255 e. The predicted octanol–water partition coefficient (Wildman–Crippen LogP) is 5.35. The first-order valence-electron chi connectivity index (χ1n) is 8.98. The number of fused-ring (bicyclic) bond motifs is 1. The van der Waals surface area contributed by atoms with E-state index in [1.807, 2.05) is 36.4 Å². The van der Waals surface area contributed by atoms with Gasteiger partial charge in [0.25, 0.3) is 5.91 Å². The van der Waals surface area contributed by atoms with Crippen molar-refractivity contribution in [3.63, 3.8) is 0 Å². The molecule has 3 rings (SSSR count). The van der Waals surface area contributed by atoms with Crippen LogP contribution in [0.15, 0.2) is 54.6 Å². The lowest BCUT2D eigenvalue weighted by atomic mass is 9.98. The van der Waals surface area contributed by atoms with Crippen LogP contribution in [0.5, 0.6) is 5.75 Å². The maximum absolute atomic E-state index is 13.0. The zero-order valence-electron chi connectivity index (χ0n) is 15.8. The fraction of sp³-hybridized carbons (Fsp3) is 0.261. The fourth-order valence-corrected chi connectivity index (χ4v) is 3.20. The average Bonchev–Trinajstić information content (AvgIpc) is 2.67. The molecule has 1 unspecified atom stereocenters. The Hall–Kier alpha value is -2.81. The first-order valence-corrected chi connectivity index (χ1v) is 8.98. The number of amides is 1. The number of rotatable bonds is 5. The lowest BCUT2D eigenvalue weighted by Crippen LogP contribution is -2.28. The van der Waals surface area contributed by atoms with E-state index in [1.54, 1.807) is 7.11 Å². The SMILES string of the molecule is CCC(NC(=O)c1cc2ccccc2cc1OC)c1ccc(C)c(C)c1. The third-order valence-corrected chi connectivity index (χ3v) is 4.96. The van der Waals surface area contributed by atoms with Crippen molar-refractivity contribution in [2.45, 2.75) is 33.2 Å². The molecule has 0 saturated heterocycles. The first-order chi connectivity index (χ1) is 12.5. The van der Waals surface area contributed by atoms with Crippen LogP contribution in [0.3, 0.4) is 0 Å². The largest absolute Gasteiger partial charge is 0.496 e. The Balaban J connectivity index is 1.92. The van der Waals surface area contributed by atoms with Gasteiger partial charge in [-0.3, -0.25) is 4.79 Å². The van der Waals surface area contributed by atoms with Crippen LogP contribution in [0.2, 0.25) is 0 Å². The van der Waals surface area contributed by atoms with Crippen molar-refractivity contribution in [3.8, 4) is 5.75 Å². The molecule has 0 saturated carbocycles. The van der Waals surface area contributed by atoms with Crippen LogP contribution < -0.4 is 10.1 Å². The van der Waals surface area contributed by atoms with E-state index in [1.165, 1.54) is 11.1 Å². The summed E-state index contributed by atoms with van der Waals surface area (Å²) in [5.41, 5.74) is 4.18. The van der Waals surface area contributed by atoms with E-state index >= 15 is 0 Å². The summed E-state index contributed by atoms with van der Waals surface area (Å²) in [6, 6.07) is 18.1. The van der Waals surface area contributed by atoms with Crippen LogP contribution in [0.1, 0.15) is 46.4 Å². The van der Waals surface area contributed by atoms with Gasteiger partial charge in [-0.15, -0.1) is 0 Å². The Kier molecular flexibility index (Phi) is 5.27. The molecular weight excluding hydrogens is 322 g/mol. The van der Waals surface area contributed by atoms with Gasteiger partial charge in [0.2, 0.25) is 0 Å². The highest BCUT2D eigenvalue weighted by molar-refractivity contribution is 6.01. The Morgan fingerprint density at radius 1 is 1.00 bits per heavy atom. The summed E-state index contributed by atoms with van der Waals surface area (Å²) in [7, 11) is 1.60. The van der Waals surface area contributed by atoms with Gasteiger partial charge in [-0.1, -0.05) is 49.4 Å². The van der Waals surface area contributed by atoms with Crippen LogP contribution >= 0.6 is 0 Å². The summed E-state index contributed by atoms with van der Waals surface area (Å²) in [5.74, 6) is 0.480. The molecule has 0 bridgehead atoms. The van der Waals surface area contributed by atoms with E-state index in [4.69, 9.17) is 4.74 Å². The van der Waals surface area contributed by atoms with Crippen molar-refractivity contribution in [2.24, 2.45) is 0 Å². The zero-order valence-corrected chi connectivity index (χ0v) is 15.8. The number of carbonyl (C=O) groups is 1. The highest BCUT2D eigenvalue weighted by Crippen LogP contribution is 2.27. The molecule has 3 heteroatoms. The lowest BCUT2D eigenvalue weighted by molar-refractivity contribution is 0.0932. The molecule has 0 aliphatic heterocycles. The summed E-state index contributed by atoms with van der Waals surface area (Å²) in [6.07, 6.45) is 0.824. The molecule has 0 aliphatic rings. The molecule has 134 valence electrons. The molecule has 3 aromatic rings. The molecule has 0 aromatic heterocycles. The van der Waals surface area contributed by atoms with Gasteiger partial charge in [-0.05, 0) is 59.9 Å². The van der Waals surface area contributed by atoms with Crippen LogP contribution in [0.4, 0.5) is 0 Å². The van der Waals surface area contributed by atoms with Gasteiger partial charge in [0.1, 0.15) is 5.75 Å². The molecule has 0 radical (unpaired) electrons. The van der Waals surface area contributed by atoms with E-state index in [2.05, 4.69) is 44.3 Å². The molecule has 1 amide bonds. The van der Waals surface area contributed by atoms with Gasteiger partial charge >= 0.3 is 0 Å². The minimum atomic E-state index is -0.113. The minimum absolute atomic E-state index is 0.0297. The van der Waals surface area contributed by atoms with Crippen molar-refractivity contribution >= 4 is 16.7 Å². The first kappa shape index (κ1) is 18.0. The van der Waals surface area contributed by atoms with Crippen molar-refractivity contribution in [1.29, 1.82) is 0 Å². The second-order valence-electron chi connectivity index (χ2n) is 6.68. The molecule has 26 heavy (non-hydrogen) atoms. The number of ether oxygens (including phenoxy) is 1. The van der Waals surface area contributed by atoms with Gasteiger partial charge in [0, 0.05) is 0 Å². The summed E-state index contributed by atoms with van der Waals surface area (Å²) in [5, 5.41) is 5.25. The standard InChI is InChI=1S/C23H25NO2/c1-5-21(19-11-10-15(2)16(3)12-19)24-23(25)20-13-17-8-6-7-9-18(17)14-22(20)26-4/h6-14,21H,5H2,1-4H3,(H,24,25). The molecule has 0 heterocycles. The van der Waals surface area contributed by atoms with Crippen molar-refractivity contribution in [1.82, 2.24) is 5.32 Å². The summed E-state index contributed by atoms with van der Waals surface area (Å²) >= 11 is 0. The van der Waals surface area contributed by atoms with E-state index in [9.17, 15) is 4.79 Å². The number of carbonyl (C=O) groups excluding carboxylic acids is 1. The maximum atomic E-state index is 13.0. The van der Waals surface area contributed by atoms with Gasteiger partial charge in [0.05, 0.1) is 18.7 Å². The van der Waals surface area contributed by atoms with Crippen molar-refractivity contribution in [2.75, 3.05) is 7.11 Å². The number of benzene rings is 3. The van der Waals surface area contributed by atoms with E-state index in [-0.39, 0.29) is 11.9 Å². The summed E-state index contributed by atoms with van der Waals surface area (Å²) in [6.45, 7) is 6.27. The monoisotopic (exact) mass is 347 g/mol. The van der Waals surface area contributed by atoms with Gasteiger partial charge < -0.3 is 10.1 Å². The predicted molar refractivity (Wildman–Crippen MR) is 107 cm³/mol. The maximum Gasteiger partial charge on any atom is 0.255 e. The van der Waals surface area contributed by atoms with Crippen LogP contribution in [0.25, 0.3) is 10.8 Å². The highest BCUT2D eigenvalue weighted by atomic mass is 16.5. The van der Waals surface area contributed by atoms with Gasteiger partial charge in [0.15, 0.2) is 0 Å². The van der Waals surface area contributed by atoms with Gasteiger partial charge in [-0.2, -0.15) is 0 Å². The third-order valence-electron chi connectivity index (χ3n) is 4.96. The normalized spacial score (nSPS) is 12.0. The van der Waals surface area contributed by atoms with E-state index in [0.29, 0.717) is 11.3 Å². The highest BCUT2D eigenvalue weighted by Gasteiger charge is 2.18. The van der Waals surface area contributed by atoms with Crippen molar-refractivity contribution < 1.29 is 9.53 Å². The number of hydrogen-bond donors (Lipinski definition) is 1. The zero-order chi connectivity index (χ0) is 18.7. The Labute approximate surface area is 155 Å². The summed E-state index contributed by atoms with van der Waals surface area (Å²) < 4.78 is 5.47. The Morgan fingerprint density at radius 3 is 2.31 bits per heavy atom. The molecule has 1 N–H and O–H groups in total. The topological polar surface area (TPSA) is 38.3 Å². The van der Waals surface area contributed by atoms with Crippen LogP contribution in [-0.4, -0.2) is 13.0 Å². The molecular formula is C23H25NO2. The average molecular weight is 347 g/mol. The second kappa shape index (κ2) is 7.61. The Morgan fingerprint density at radius 2 is 1.69 bits per heavy atom. The van der Waals surface area contributed by atoms with Crippen LogP contribution in [-0.2, 0) is 0 Å². The number of aryl methyl sites for hydroxylation is 2. The molecule has 3 aromatic carbocycles. The van der Waals surface area contributed by atoms with Gasteiger partial charge in [-0.25, -0.2) is 0 Å². The van der Waals surface area contributed by atoms with Crippen LogP contribution in [0, 0.1) is 13.8 Å². The molecule has 0 spiro atoms. The Bertz CT molecular complexity index is 946. The fourth-order valence-electron chi connectivity index (χ4n) is 3.20. The molecule has 0 fully saturated rings. The quantitative estimate of drug-likeness (QED) is 0.676. The minimum Gasteiger partial charge on any atom is -0.496 e. The number of nitrogens with one attached hydrogen (secondary N) is 1. The second-order valence-corrected chi connectivity index (χ2v) is 6.68.